The van der Waals surface area contributed by atoms with E-state index >= 15 is 0 Å². The Labute approximate surface area is 361 Å². The van der Waals surface area contributed by atoms with Gasteiger partial charge in [0.2, 0.25) is 0 Å². The molecule has 13 rings (SSSR count). The van der Waals surface area contributed by atoms with Crippen molar-refractivity contribution in [2.24, 2.45) is 17.8 Å². The normalized spacial score (nSPS) is 21.7. The summed E-state index contributed by atoms with van der Waals surface area (Å²) >= 11 is 0. The van der Waals surface area contributed by atoms with Crippen molar-refractivity contribution in [3.8, 4) is 22.3 Å². The van der Waals surface area contributed by atoms with Crippen LogP contribution in [0.1, 0.15) is 91.7 Å². The Morgan fingerprint density at radius 3 is 1.64 bits per heavy atom. The Balaban J connectivity index is 1.15. The van der Waals surface area contributed by atoms with Crippen molar-refractivity contribution < 1.29 is 0 Å². The number of nitrogens with zero attached hydrogens (tertiary/aromatic N) is 1. The highest BCUT2D eigenvalue weighted by molar-refractivity contribution is 5.99. The lowest BCUT2D eigenvalue weighted by molar-refractivity contribution is -0.00516. The molecular weight excluding hydrogens is 735 g/mol. The number of rotatable bonds is 8. The van der Waals surface area contributed by atoms with Gasteiger partial charge < -0.3 is 4.90 Å². The van der Waals surface area contributed by atoms with Gasteiger partial charge in [0.05, 0.1) is 11.1 Å². The number of hydrogen-bond donors (Lipinski definition) is 0. The predicted molar refractivity (Wildman–Crippen MR) is 255 cm³/mol. The first-order valence-electron chi connectivity index (χ1n) is 22.9. The van der Waals surface area contributed by atoms with Gasteiger partial charge >= 0.3 is 0 Å². The molecule has 0 unspecified atom stereocenters. The maximum atomic E-state index is 2.63. The van der Waals surface area contributed by atoms with Crippen molar-refractivity contribution in [1.29, 1.82) is 0 Å². The highest BCUT2D eigenvalue weighted by Crippen LogP contribution is 2.62. The average Bonchev–Trinajstić information content (AvgIpc) is 3.59. The maximum Gasteiger partial charge on any atom is 0.0714 e. The molecule has 0 amide bonds. The second kappa shape index (κ2) is 14.2. The Hall–Kier alpha value is -6.18. The SMILES string of the molecule is CC(C)c1ccccc1-c1cc2ccccc2cc1N(c1cccc(C23CC4CC(CC(C4)C2)C3)c1)c1ccc2c(c1)C(c1ccccc1)(c1ccccc1)c1ccccc1-2. The summed E-state index contributed by atoms with van der Waals surface area (Å²) in [5.41, 5.74) is 16.8. The smallest absolute Gasteiger partial charge is 0.0714 e. The fourth-order valence-corrected chi connectivity index (χ4v) is 13.3. The first-order valence-corrected chi connectivity index (χ1v) is 22.9. The van der Waals surface area contributed by atoms with Crippen molar-refractivity contribution in [1.82, 2.24) is 0 Å². The van der Waals surface area contributed by atoms with Gasteiger partial charge in [-0.2, -0.15) is 0 Å². The monoisotopic (exact) mass is 787 g/mol. The molecule has 0 spiro atoms. The highest BCUT2D eigenvalue weighted by atomic mass is 15.1. The second-order valence-electron chi connectivity index (χ2n) is 19.3. The first kappa shape index (κ1) is 36.7. The summed E-state index contributed by atoms with van der Waals surface area (Å²) in [7, 11) is 0. The van der Waals surface area contributed by atoms with Gasteiger partial charge in [-0.1, -0.05) is 166 Å². The predicted octanol–water partition coefficient (Wildman–Crippen LogP) is 15.9. The van der Waals surface area contributed by atoms with Crippen LogP contribution in [0.25, 0.3) is 33.0 Å². The van der Waals surface area contributed by atoms with Gasteiger partial charge in [0, 0.05) is 16.9 Å². The van der Waals surface area contributed by atoms with Crippen LogP contribution < -0.4 is 4.90 Å². The molecule has 1 heteroatoms. The third-order valence-corrected chi connectivity index (χ3v) is 15.4. The molecular formula is C60H53N. The lowest BCUT2D eigenvalue weighted by atomic mass is 9.48. The van der Waals surface area contributed by atoms with Crippen LogP contribution in [-0.2, 0) is 10.8 Å². The summed E-state index contributed by atoms with van der Waals surface area (Å²) < 4.78 is 0. The molecule has 0 saturated heterocycles. The van der Waals surface area contributed by atoms with E-state index < -0.39 is 5.41 Å². The Morgan fingerprint density at radius 1 is 0.426 bits per heavy atom. The van der Waals surface area contributed by atoms with E-state index in [0.29, 0.717) is 5.92 Å². The minimum Gasteiger partial charge on any atom is -0.310 e. The van der Waals surface area contributed by atoms with Crippen LogP contribution in [0.3, 0.4) is 0 Å². The minimum atomic E-state index is -0.492. The molecule has 4 fully saturated rings. The topological polar surface area (TPSA) is 3.24 Å². The molecule has 298 valence electrons. The molecule has 0 N–H and O–H groups in total. The summed E-state index contributed by atoms with van der Waals surface area (Å²) in [6.07, 6.45) is 8.38. The van der Waals surface area contributed by atoms with Gasteiger partial charge in [0.25, 0.3) is 0 Å². The number of benzene rings is 8. The molecule has 1 nitrogen and oxygen atoms in total. The van der Waals surface area contributed by atoms with Crippen molar-refractivity contribution >= 4 is 27.8 Å². The van der Waals surface area contributed by atoms with E-state index in [1.165, 1.54) is 116 Å². The van der Waals surface area contributed by atoms with Crippen LogP contribution in [0.5, 0.6) is 0 Å². The lowest BCUT2D eigenvalue weighted by Gasteiger charge is -2.57. The molecule has 5 aliphatic carbocycles. The molecule has 0 aromatic heterocycles. The fourth-order valence-electron chi connectivity index (χ4n) is 13.3. The van der Waals surface area contributed by atoms with Crippen LogP contribution in [0.2, 0.25) is 0 Å². The number of anilines is 3. The average molecular weight is 788 g/mol. The van der Waals surface area contributed by atoms with Gasteiger partial charge in [-0.25, -0.2) is 0 Å². The molecule has 4 saturated carbocycles. The molecule has 8 aromatic rings. The molecule has 0 atom stereocenters. The largest absolute Gasteiger partial charge is 0.310 e. The maximum absolute atomic E-state index is 2.63. The molecule has 5 aliphatic rings. The number of fused-ring (bicyclic) bond motifs is 4. The van der Waals surface area contributed by atoms with Crippen LogP contribution in [0.15, 0.2) is 188 Å². The van der Waals surface area contributed by atoms with Gasteiger partial charge in [0.1, 0.15) is 0 Å². The summed E-state index contributed by atoms with van der Waals surface area (Å²) in [5.74, 6) is 3.02. The van der Waals surface area contributed by atoms with Crippen LogP contribution in [0, 0.1) is 17.8 Å². The van der Waals surface area contributed by atoms with Gasteiger partial charge in [-0.05, 0) is 165 Å². The van der Waals surface area contributed by atoms with Gasteiger partial charge in [-0.3, -0.25) is 0 Å². The third-order valence-electron chi connectivity index (χ3n) is 15.4. The third kappa shape index (κ3) is 5.73. The Kier molecular flexibility index (Phi) is 8.53. The van der Waals surface area contributed by atoms with Crippen molar-refractivity contribution in [2.45, 2.75) is 69.1 Å². The zero-order valence-corrected chi connectivity index (χ0v) is 35.4. The van der Waals surface area contributed by atoms with Crippen LogP contribution >= 0.6 is 0 Å². The van der Waals surface area contributed by atoms with Crippen molar-refractivity contribution in [3.63, 3.8) is 0 Å². The van der Waals surface area contributed by atoms with Crippen LogP contribution in [-0.4, -0.2) is 0 Å². The second-order valence-corrected chi connectivity index (χ2v) is 19.3. The molecule has 0 radical (unpaired) electrons. The number of hydrogen-bond acceptors (Lipinski definition) is 1. The quantitative estimate of drug-likeness (QED) is 0.148. The zero-order chi connectivity index (χ0) is 40.7. The summed E-state index contributed by atoms with van der Waals surface area (Å²) in [4.78, 5) is 2.63. The zero-order valence-electron chi connectivity index (χ0n) is 35.4. The molecule has 61 heavy (non-hydrogen) atoms. The molecule has 0 heterocycles. The van der Waals surface area contributed by atoms with E-state index in [-0.39, 0.29) is 5.41 Å². The van der Waals surface area contributed by atoms with Crippen LogP contribution in [0.4, 0.5) is 17.1 Å². The molecule has 4 bridgehead atoms. The highest BCUT2D eigenvalue weighted by Gasteiger charge is 2.52. The lowest BCUT2D eigenvalue weighted by Crippen LogP contribution is -2.48. The van der Waals surface area contributed by atoms with E-state index in [2.05, 4.69) is 207 Å². The van der Waals surface area contributed by atoms with Gasteiger partial charge in [0.15, 0.2) is 0 Å². The summed E-state index contributed by atoms with van der Waals surface area (Å²) in [5, 5.41) is 2.51. The summed E-state index contributed by atoms with van der Waals surface area (Å²) in [6.45, 7) is 4.66. The summed E-state index contributed by atoms with van der Waals surface area (Å²) in [6, 6.07) is 71.8. The van der Waals surface area contributed by atoms with Crippen molar-refractivity contribution in [2.75, 3.05) is 4.90 Å². The molecule has 0 aliphatic heterocycles. The van der Waals surface area contributed by atoms with E-state index in [0.717, 1.165) is 17.8 Å². The van der Waals surface area contributed by atoms with E-state index in [1.54, 1.807) is 5.56 Å². The fraction of sp³-hybridized carbons (Fsp3) is 0.233. The minimum absolute atomic E-state index is 0.280. The Bertz CT molecular complexity index is 2860. The van der Waals surface area contributed by atoms with Gasteiger partial charge in [-0.15, -0.1) is 0 Å². The van der Waals surface area contributed by atoms with E-state index in [9.17, 15) is 0 Å². The van der Waals surface area contributed by atoms with E-state index in [4.69, 9.17) is 0 Å². The standard InChI is InChI=1S/C60H53N/c1-40(2)51-24-11-12-25-52(51)55-33-44-16-9-10-17-45(44)34-58(55)61(49-23-15-22-48(35-49)59-37-41-30-42(38-59)32-43(31-41)39-59)50-28-29-54-53-26-13-14-27-56(53)60(57(54)36-50,46-18-5-3-6-19-46)47-20-7-4-8-21-47/h3-29,33-36,40-43H,30-32,37-39H2,1-2H3. The van der Waals surface area contributed by atoms with Crippen molar-refractivity contribution in [3.05, 3.63) is 221 Å². The Morgan fingerprint density at radius 2 is 0.967 bits per heavy atom. The first-order chi connectivity index (χ1) is 30.0. The van der Waals surface area contributed by atoms with E-state index in [1.807, 2.05) is 0 Å². The molecule has 8 aromatic carbocycles.